The van der Waals surface area contributed by atoms with Crippen LogP contribution in [0.2, 0.25) is 0 Å². The summed E-state index contributed by atoms with van der Waals surface area (Å²) in [7, 11) is 4.20. The largest absolute Gasteiger partial charge is 0.493 e. The molecule has 0 unspecified atom stereocenters. The maximum absolute atomic E-state index is 12.8. The number of anilines is 1. The lowest BCUT2D eigenvalue weighted by Gasteiger charge is -2.13. The second kappa shape index (κ2) is 9.94. The van der Waals surface area contributed by atoms with Crippen LogP contribution in [0.3, 0.4) is 0 Å². The first kappa shape index (κ1) is 21.5. The zero-order valence-electron chi connectivity index (χ0n) is 15.9. The van der Waals surface area contributed by atoms with Crippen molar-refractivity contribution < 1.29 is 32.5 Å². The molecule has 2 aromatic rings. The van der Waals surface area contributed by atoms with Gasteiger partial charge in [-0.15, -0.1) is 0 Å². The lowest BCUT2D eigenvalue weighted by molar-refractivity contribution is -0.112. The number of hydrogen-bond donors (Lipinski definition) is 1. The number of nitriles is 1. The summed E-state index contributed by atoms with van der Waals surface area (Å²) in [5, 5.41) is 11.9. The average molecular weight is 404 g/mol. The monoisotopic (exact) mass is 404 g/mol. The van der Waals surface area contributed by atoms with Crippen LogP contribution < -0.4 is 24.3 Å². The number of carbonyl (C=O) groups excluding carboxylic acids is 1. The van der Waals surface area contributed by atoms with Gasteiger partial charge >= 0.3 is 6.61 Å². The Morgan fingerprint density at radius 2 is 1.76 bits per heavy atom. The summed E-state index contributed by atoms with van der Waals surface area (Å²) in [5.74, 6) is -0.140. The molecule has 0 fully saturated rings. The first-order chi connectivity index (χ1) is 13.9. The molecule has 0 bridgehead atoms. The zero-order valence-corrected chi connectivity index (χ0v) is 15.9. The van der Waals surface area contributed by atoms with Crippen molar-refractivity contribution in [1.82, 2.24) is 0 Å². The highest BCUT2D eigenvalue weighted by molar-refractivity contribution is 6.10. The van der Waals surface area contributed by atoms with Gasteiger partial charge in [0.15, 0.2) is 23.0 Å². The molecular formula is C20H18F2N2O5. The van der Waals surface area contributed by atoms with Crippen LogP contribution in [-0.4, -0.2) is 33.8 Å². The smallest absolute Gasteiger partial charge is 0.387 e. The molecule has 0 radical (unpaired) electrons. The number of hydrogen-bond acceptors (Lipinski definition) is 6. The number of para-hydroxylation sites is 1. The van der Waals surface area contributed by atoms with Gasteiger partial charge in [-0.2, -0.15) is 14.0 Å². The standard InChI is InChI=1S/C20H18F2N2O5/c1-26-15-8-7-14(10-17(15)28-3)24-19(25)13(11-23)9-12-5-4-6-16(27-2)18(12)29-20(21)22/h4-10,20H,1-3H3,(H,24,25)/b13-9+. The minimum atomic E-state index is -3.11. The molecule has 0 spiro atoms. The van der Waals surface area contributed by atoms with Crippen LogP contribution in [0.1, 0.15) is 5.56 Å². The zero-order chi connectivity index (χ0) is 21.4. The number of ether oxygens (including phenoxy) is 4. The van der Waals surface area contributed by atoms with E-state index >= 15 is 0 Å². The Morgan fingerprint density at radius 3 is 2.34 bits per heavy atom. The molecule has 0 aromatic heterocycles. The third kappa shape index (κ3) is 5.35. The Hall–Kier alpha value is -3.80. The van der Waals surface area contributed by atoms with Crippen molar-refractivity contribution in [3.05, 3.63) is 47.5 Å². The Balaban J connectivity index is 2.35. The molecule has 0 aliphatic heterocycles. The summed E-state index contributed by atoms with van der Waals surface area (Å²) in [5.41, 5.74) is 0.110. The minimum absolute atomic E-state index is 0.0386. The van der Waals surface area contributed by atoms with E-state index in [0.717, 1.165) is 6.08 Å². The highest BCUT2D eigenvalue weighted by Gasteiger charge is 2.17. The maximum atomic E-state index is 12.8. The Bertz CT molecular complexity index is 954. The summed E-state index contributed by atoms with van der Waals surface area (Å²) in [6.07, 6.45) is 1.14. The van der Waals surface area contributed by atoms with Crippen molar-refractivity contribution in [2.45, 2.75) is 6.61 Å². The fraction of sp³-hybridized carbons (Fsp3) is 0.200. The summed E-state index contributed by atoms with van der Waals surface area (Å²) >= 11 is 0. The van der Waals surface area contributed by atoms with Crippen molar-refractivity contribution in [2.24, 2.45) is 0 Å². The number of rotatable bonds is 8. The fourth-order valence-electron chi connectivity index (χ4n) is 2.44. The molecule has 152 valence electrons. The van der Waals surface area contributed by atoms with Crippen LogP contribution in [-0.2, 0) is 4.79 Å². The number of alkyl halides is 2. The van der Waals surface area contributed by atoms with Gasteiger partial charge in [-0.3, -0.25) is 4.79 Å². The number of nitrogens with one attached hydrogen (secondary N) is 1. The van der Waals surface area contributed by atoms with E-state index in [0.29, 0.717) is 17.2 Å². The number of methoxy groups -OCH3 is 3. The molecule has 0 saturated carbocycles. The summed E-state index contributed by atoms with van der Waals surface area (Å²) in [4.78, 5) is 12.5. The van der Waals surface area contributed by atoms with Gasteiger partial charge in [0, 0.05) is 17.3 Å². The first-order valence-corrected chi connectivity index (χ1v) is 8.20. The van der Waals surface area contributed by atoms with E-state index in [4.69, 9.17) is 14.2 Å². The van der Waals surface area contributed by atoms with Crippen LogP contribution in [0.4, 0.5) is 14.5 Å². The van der Waals surface area contributed by atoms with E-state index in [1.807, 2.05) is 0 Å². The summed E-state index contributed by atoms with van der Waals surface area (Å²) in [6.45, 7) is -3.11. The van der Waals surface area contributed by atoms with Gasteiger partial charge in [-0.05, 0) is 24.3 Å². The third-order valence-corrected chi connectivity index (χ3v) is 3.74. The molecule has 2 aromatic carbocycles. The van der Waals surface area contributed by atoms with Crippen LogP contribution in [0.25, 0.3) is 6.08 Å². The van der Waals surface area contributed by atoms with Crippen LogP contribution >= 0.6 is 0 Å². The van der Waals surface area contributed by atoms with Crippen molar-refractivity contribution in [3.63, 3.8) is 0 Å². The van der Waals surface area contributed by atoms with Gasteiger partial charge in [0.05, 0.1) is 21.3 Å². The predicted octanol–water partition coefficient (Wildman–Crippen LogP) is 3.86. The van der Waals surface area contributed by atoms with Crippen molar-refractivity contribution in [1.29, 1.82) is 5.26 Å². The van der Waals surface area contributed by atoms with Crippen molar-refractivity contribution >= 4 is 17.7 Å². The van der Waals surface area contributed by atoms with Crippen molar-refractivity contribution in [3.8, 4) is 29.1 Å². The minimum Gasteiger partial charge on any atom is -0.493 e. The van der Waals surface area contributed by atoms with Gasteiger partial charge in [0.2, 0.25) is 0 Å². The third-order valence-electron chi connectivity index (χ3n) is 3.74. The van der Waals surface area contributed by atoms with E-state index in [9.17, 15) is 18.8 Å². The highest BCUT2D eigenvalue weighted by Crippen LogP contribution is 2.34. The second-order valence-electron chi connectivity index (χ2n) is 5.45. The van der Waals surface area contributed by atoms with E-state index in [1.54, 1.807) is 18.2 Å². The van der Waals surface area contributed by atoms with Crippen LogP contribution in [0, 0.1) is 11.3 Å². The Kier molecular flexibility index (Phi) is 7.37. The predicted molar refractivity (Wildman–Crippen MR) is 101 cm³/mol. The number of benzene rings is 2. The second-order valence-corrected chi connectivity index (χ2v) is 5.45. The lowest BCUT2D eigenvalue weighted by atomic mass is 10.1. The summed E-state index contributed by atoms with van der Waals surface area (Å²) in [6, 6.07) is 10.8. The highest BCUT2D eigenvalue weighted by atomic mass is 19.3. The molecule has 0 atom stereocenters. The molecule has 7 nitrogen and oxygen atoms in total. The number of amides is 1. The molecule has 0 heterocycles. The topological polar surface area (TPSA) is 89.8 Å². The fourth-order valence-corrected chi connectivity index (χ4v) is 2.44. The molecule has 2 rings (SSSR count). The number of nitrogens with zero attached hydrogens (tertiary/aromatic N) is 1. The Labute approximate surface area is 166 Å². The number of carbonyl (C=O) groups is 1. The van der Waals surface area contributed by atoms with E-state index < -0.39 is 12.5 Å². The van der Waals surface area contributed by atoms with Gasteiger partial charge in [-0.1, -0.05) is 12.1 Å². The molecule has 29 heavy (non-hydrogen) atoms. The molecule has 9 heteroatoms. The Morgan fingerprint density at radius 1 is 1.07 bits per heavy atom. The van der Waals surface area contributed by atoms with Gasteiger partial charge in [0.1, 0.15) is 11.6 Å². The van der Waals surface area contributed by atoms with Gasteiger partial charge < -0.3 is 24.3 Å². The normalized spacial score (nSPS) is 10.9. The summed E-state index contributed by atoms with van der Waals surface area (Å²) < 4.78 is 45.3. The quantitative estimate of drug-likeness (QED) is 0.531. The SMILES string of the molecule is COc1ccc(NC(=O)/C(C#N)=C/c2cccc(OC)c2OC(F)F)cc1OC. The maximum Gasteiger partial charge on any atom is 0.387 e. The van der Waals surface area contributed by atoms with Gasteiger partial charge in [0.25, 0.3) is 5.91 Å². The van der Waals surface area contributed by atoms with E-state index in [2.05, 4.69) is 10.1 Å². The molecule has 0 aliphatic carbocycles. The van der Waals surface area contributed by atoms with Crippen LogP contribution in [0.15, 0.2) is 42.0 Å². The number of halogens is 2. The molecular weight excluding hydrogens is 386 g/mol. The first-order valence-electron chi connectivity index (χ1n) is 8.20. The van der Waals surface area contributed by atoms with Crippen molar-refractivity contribution in [2.75, 3.05) is 26.6 Å². The molecule has 0 aliphatic rings. The van der Waals surface area contributed by atoms with Gasteiger partial charge in [-0.25, -0.2) is 0 Å². The lowest BCUT2D eigenvalue weighted by Crippen LogP contribution is -2.13. The average Bonchev–Trinajstić information content (AvgIpc) is 2.72. The van der Waals surface area contributed by atoms with Crippen LogP contribution in [0.5, 0.6) is 23.0 Å². The molecule has 1 N–H and O–H groups in total. The van der Waals surface area contributed by atoms with E-state index in [-0.39, 0.29) is 22.6 Å². The van der Waals surface area contributed by atoms with E-state index in [1.165, 1.54) is 45.6 Å². The molecule has 1 amide bonds. The molecule has 0 saturated heterocycles.